The predicted octanol–water partition coefficient (Wildman–Crippen LogP) is 3.81. The van der Waals surface area contributed by atoms with Crippen molar-refractivity contribution in [2.24, 2.45) is 5.10 Å². The van der Waals surface area contributed by atoms with Gasteiger partial charge in [0.1, 0.15) is 0 Å². The fourth-order valence-corrected chi connectivity index (χ4v) is 2.99. The summed E-state index contributed by atoms with van der Waals surface area (Å²) < 4.78 is 0. The van der Waals surface area contributed by atoms with Gasteiger partial charge in [0.25, 0.3) is 5.69 Å². The molecule has 0 spiro atoms. The molecule has 8 nitrogen and oxygen atoms in total. The lowest BCUT2D eigenvalue weighted by Crippen LogP contribution is -2.23. The minimum Gasteiger partial charge on any atom is -0.326 e. The van der Waals surface area contributed by atoms with Crippen molar-refractivity contribution in [2.45, 2.75) is 19.8 Å². The first-order valence-electron chi connectivity index (χ1n) is 9.25. The Morgan fingerprint density at radius 3 is 2.53 bits per heavy atom. The van der Waals surface area contributed by atoms with Crippen LogP contribution < -0.4 is 10.7 Å². The molecule has 3 aromatic rings. The average Bonchev–Trinajstić information content (AvgIpc) is 2.72. The standard InChI is InChI=1S/C22H20N4O4/c1-15(12-21(27)23-18-9-5-10-19(14-18)26(29)30)24-25-22(28)13-17-8-4-7-16-6-2-3-11-20(16)17/h2-11,14H,12-13H2,1H3,(H,23,27)(H,25,28)/b24-15+. The molecular formula is C22H20N4O4. The molecule has 3 aromatic carbocycles. The van der Waals surface area contributed by atoms with Gasteiger partial charge in [-0.15, -0.1) is 0 Å². The third-order valence-electron chi connectivity index (χ3n) is 4.36. The number of benzene rings is 3. The molecule has 0 atom stereocenters. The molecular weight excluding hydrogens is 384 g/mol. The summed E-state index contributed by atoms with van der Waals surface area (Å²) >= 11 is 0. The summed E-state index contributed by atoms with van der Waals surface area (Å²) in [5.74, 6) is -0.676. The SMILES string of the molecule is C/C(CC(=O)Nc1cccc([N+](=O)[O-])c1)=N\NC(=O)Cc1cccc2ccccc12. The number of anilines is 1. The van der Waals surface area contributed by atoms with Crippen LogP contribution in [0.4, 0.5) is 11.4 Å². The maximum absolute atomic E-state index is 12.3. The van der Waals surface area contributed by atoms with E-state index >= 15 is 0 Å². The Kier molecular flexibility index (Phi) is 6.49. The van der Waals surface area contributed by atoms with Crippen LogP contribution in [0.1, 0.15) is 18.9 Å². The van der Waals surface area contributed by atoms with Gasteiger partial charge >= 0.3 is 0 Å². The quantitative estimate of drug-likeness (QED) is 0.354. The molecule has 0 aromatic heterocycles. The molecule has 0 unspecified atom stereocenters. The highest BCUT2D eigenvalue weighted by Gasteiger charge is 2.10. The van der Waals surface area contributed by atoms with E-state index in [4.69, 9.17) is 0 Å². The lowest BCUT2D eigenvalue weighted by Gasteiger charge is -2.07. The van der Waals surface area contributed by atoms with Crippen molar-refractivity contribution in [1.29, 1.82) is 0 Å². The number of nitrogens with one attached hydrogen (secondary N) is 2. The summed E-state index contributed by atoms with van der Waals surface area (Å²) in [7, 11) is 0. The first kappa shape index (κ1) is 20.7. The molecule has 8 heteroatoms. The summed E-state index contributed by atoms with van der Waals surface area (Å²) in [6.45, 7) is 1.62. The van der Waals surface area contributed by atoms with Crippen molar-refractivity contribution in [3.05, 3.63) is 82.4 Å². The number of non-ortho nitro benzene ring substituents is 1. The fourth-order valence-electron chi connectivity index (χ4n) is 2.99. The van der Waals surface area contributed by atoms with Crippen LogP contribution in [0.15, 0.2) is 71.8 Å². The van der Waals surface area contributed by atoms with Gasteiger partial charge in [-0.2, -0.15) is 5.10 Å². The van der Waals surface area contributed by atoms with Gasteiger partial charge < -0.3 is 5.32 Å². The first-order valence-corrected chi connectivity index (χ1v) is 9.25. The lowest BCUT2D eigenvalue weighted by molar-refractivity contribution is -0.384. The molecule has 0 saturated carbocycles. The number of hydrogen-bond donors (Lipinski definition) is 2. The number of rotatable bonds is 7. The van der Waals surface area contributed by atoms with E-state index in [0.29, 0.717) is 11.4 Å². The highest BCUT2D eigenvalue weighted by atomic mass is 16.6. The van der Waals surface area contributed by atoms with Crippen LogP contribution in [-0.4, -0.2) is 22.4 Å². The Balaban J connectivity index is 1.55. The van der Waals surface area contributed by atoms with Crippen LogP contribution in [0, 0.1) is 10.1 Å². The van der Waals surface area contributed by atoms with Gasteiger partial charge in [0.15, 0.2) is 0 Å². The molecule has 0 bridgehead atoms. The number of carbonyl (C=O) groups is 2. The number of amides is 2. The van der Waals surface area contributed by atoms with Gasteiger partial charge in [0.05, 0.1) is 17.8 Å². The Labute approximate surface area is 172 Å². The van der Waals surface area contributed by atoms with Gasteiger partial charge in [-0.25, -0.2) is 5.43 Å². The molecule has 2 N–H and O–H groups in total. The zero-order valence-corrected chi connectivity index (χ0v) is 16.3. The van der Waals surface area contributed by atoms with Crippen LogP contribution in [0.2, 0.25) is 0 Å². The number of fused-ring (bicyclic) bond motifs is 1. The van der Waals surface area contributed by atoms with Crippen LogP contribution >= 0.6 is 0 Å². The number of nitro benzene ring substituents is 1. The maximum atomic E-state index is 12.3. The van der Waals surface area contributed by atoms with Gasteiger partial charge in [0.2, 0.25) is 11.8 Å². The van der Waals surface area contributed by atoms with Crippen molar-refractivity contribution in [3.8, 4) is 0 Å². The van der Waals surface area contributed by atoms with E-state index in [1.165, 1.54) is 18.2 Å². The van der Waals surface area contributed by atoms with Crippen molar-refractivity contribution in [3.63, 3.8) is 0 Å². The summed E-state index contributed by atoms with van der Waals surface area (Å²) in [4.78, 5) is 34.6. The normalized spacial score (nSPS) is 11.2. The van der Waals surface area contributed by atoms with Crippen molar-refractivity contribution >= 4 is 39.7 Å². The number of nitro groups is 1. The van der Waals surface area contributed by atoms with Crippen molar-refractivity contribution < 1.29 is 14.5 Å². The summed E-state index contributed by atoms with van der Waals surface area (Å²) in [5.41, 5.74) is 3.98. The molecule has 0 aliphatic carbocycles. The molecule has 30 heavy (non-hydrogen) atoms. The Bertz CT molecular complexity index is 1140. The second-order valence-corrected chi connectivity index (χ2v) is 6.73. The molecule has 0 radical (unpaired) electrons. The van der Waals surface area contributed by atoms with Crippen molar-refractivity contribution in [2.75, 3.05) is 5.32 Å². The minimum absolute atomic E-state index is 0.0583. The number of hydrogen-bond acceptors (Lipinski definition) is 5. The van der Waals surface area contributed by atoms with E-state index in [9.17, 15) is 19.7 Å². The number of nitrogens with zero attached hydrogens (tertiary/aromatic N) is 2. The maximum Gasteiger partial charge on any atom is 0.271 e. The summed E-state index contributed by atoms with van der Waals surface area (Å²) in [5, 5.41) is 19.4. The molecule has 2 amide bonds. The van der Waals surface area contributed by atoms with Crippen LogP contribution in [0.25, 0.3) is 10.8 Å². The van der Waals surface area contributed by atoms with E-state index in [2.05, 4.69) is 15.8 Å². The van der Waals surface area contributed by atoms with E-state index in [1.807, 2.05) is 42.5 Å². The molecule has 0 fully saturated rings. The Morgan fingerprint density at radius 1 is 1.00 bits per heavy atom. The Hall–Kier alpha value is -4.07. The second kappa shape index (κ2) is 9.42. The van der Waals surface area contributed by atoms with Crippen molar-refractivity contribution in [1.82, 2.24) is 5.43 Å². The minimum atomic E-state index is -0.534. The van der Waals surface area contributed by atoms with E-state index in [1.54, 1.807) is 13.0 Å². The largest absolute Gasteiger partial charge is 0.326 e. The van der Waals surface area contributed by atoms with E-state index in [0.717, 1.165) is 16.3 Å². The van der Waals surface area contributed by atoms with Gasteiger partial charge in [-0.1, -0.05) is 48.5 Å². The highest BCUT2D eigenvalue weighted by Crippen LogP contribution is 2.19. The number of carbonyl (C=O) groups excluding carboxylic acids is 2. The zero-order valence-electron chi connectivity index (χ0n) is 16.3. The molecule has 0 aliphatic rings. The second-order valence-electron chi connectivity index (χ2n) is 6.73. The molecule has 0 saturated heterocycles. The van der Waals surface area contributed by atoms with E-state index < -0.39 is 4.92 Å². The fraction of sp³-hybridized carbons (Fsp3) is 0.136. The molecule has 3 rings (SSSR count). The topological polar surface area (TPSA) is 114 Å². The Morgan fingerprint density at radius 2 is 1.73 bits per heavy atom. The van der Waals surface area contributed by atoms with Crippen LogP contribution in [-0.2, 0) is 16.0 Å². The summed E-state index contributed by atoms with van der Waals surface area (Å²) in [6, 6.07) is 19.3. The lowest BCUT2D eigenvalue weighted by atomic mass is 10.0. The zero-order chi connectivity index (χ0) is 21.5. The van der Waals surface area contributed by atoms with E-state index in [-0.39, 0.29) is 30.3 Å². The molecule has 152 valence electrons. The van der Waals surface area contributed by atoms with Gasteiger partial charge in [-0.05, 0) is 29.3 Å². The van der Waals surface area contributed by atoms with Crippen LogP contribution in [0.5, 0.6) is 0 Å². The average molecular weight is 404 g/mol. The third kappa shape index (κ3) is 5.48. The molecule has 0 aliphatic heterocycles. The monoisotopic (exact) mass is 404 g/mol. The van der Waals surface area contributed by atoms with Gasteiger partial charge in [0, 0.05) is 23.5 Å². The highest BCUT2D eigenvalue weighted by molar-refractivity contribution is 6.05. The van der Waals surface area contributed by atoms with Crippen LogP contribution in [0.3, 0.4) is 0 Å². The first-order chi connectivity index (χ1) is 14.4. The smallest absolute Gasteiger partial charge is 0.271 e. The van der Waals surface area contributed by atoms with Gasteiger partial charge in [-0.3, -0.25) is 19.7 Å². The molecule has 0 heterocycles. The number of hydrazone groups is 1. The summed E-state index contributed by atoms with van der Waals surface area (Å²) in [6.07, 6.45) is 0.106. The third-order valence-corrected chi connectivity index (χ3v) is 4.36. The predicted molar refractivity (Wildman–Crippen MR) is 115 cm³/mol.